The summed E-state index contributed by atoms with van der Waals surface area (Å²) in [6.07, 6.45) is 3.51. The molecule has 2 rings (SSSR count). The van der Waals surface area contributed by atoms with Crippen LogP contribution in [0.15, 0.2) is 24.5 Å². The van der Waals surface area contributed by atoms with Gasteiger partial charge in [-0.1, -0.05) is 25.2 Å². The summed E-state index contributed by atoms with van der Waals surface area (Å²) < 4.78 is 0. The first kappa shape index (κ1) is 16.4. The summed E-state index contributed by atoms with van der Waals surface area (Å²) in [5.74, 6) is 0.394. The van der Waals surface area contributed by atoms with Crippen molar-refractivity contribution in [2.75, 3.05) is 11.9 Å². The number of pyridine rings is 1. The molecule has 1 atom stereocenters. The van der Waals surface area contributed by atoms with Gasteiger partial charge in [-0.25, -0.2) is 9.78 Å². The number of carbonyl (C=O) groups excluding carboxylic acids is 1. The predicted molar refractivity (Wildman–Crippen MR) is 91.3 cm³/mol. The molecule has 6 heteroatoms. The van der Waals surface area contributed by atoms with Crippen molar-refractivity contribution in [2.45, 2.75) is 33.7 Å². The van der Waals surface area contributed by atoms with Crippen LogP contribution in [0.5, 0.6) is 0 Å². The maximum Gasteiger partial charge on any atom is 0.322 e. The summed E-state index contributed by atoms with van der Waals surface area (Å²) in [6.45, 7) is 8.10. The van der Waals surface area contributed by atoms with Gasteiger partial charge >= 0.3 is 6.03 Å². The number of aryl methyl sites for hydroxylation is 1. The van der Waals surface area contributed by atoms with Crippen molar-refractivity contribution < 1.29 is 4.79 Å². The molecule has 0 saturated carbocycles. The second-order valence-electron chi connectivity index (χ2n) is 5.69. The lowest BCUT2D eigenvalue weighted by Gasteiger charge is -2.22. The molecule has 118 valence electrons. The topological polar surface area (TPSA) is 58.1 Å². The van der Waals surface area contributed by atoms with E-state index in [1.54, 1.807) is 24.3 Å². The number of urea groups is 1. The average molecular weight is 318 g/mol. The molecule has 0 aliphatic rings. The van der Waals surface area contributed by atoms with E-state index in [1.807, 2.05) is 26.0 Å². The van der Waals surface area contributed by atoms with E-state index in [9.17, 15) is 4.79 Å². The number of nitrogens with zero attached hydrogens (tertiary/aromatic N) is 3. The first-order chi connectivity index (χ1) is 10.4. The number of hydrogen-bond donors (Lipinski definition) is 1. The van der Waals surface area contributed by atoms with Gasteiger partial charge in [-0.05, 0) is 31.9 Å². The minimum absolute atomic E-state index is 0.106. The molecule has 22 heavy (non-hydrogen) atoms. The van der Waals surface area contributed by atoms with Crippen molar-refractivity contribution in [1.82, 2.24) is 15.3 Å². The maximum atomic E-state index is 12.3. The van der Waals surface area contributed by atoms with E-state index in [0.29, 0.717) is 5.92 Å². The number of rotatable bonds is 4. The minimum atomic E-state index is -0.106. The number of thiazole rings is 1. The molecule has 0 aromatic carbocycles. The molecule has 2 aromatic rings. The molecule has 0 fully saturated rings. The van der Waals surface area contributed by atoms with E-state index in [1.165, 1.54) is 11.3 Å². The lowest BCUT2D eigenvalue weighted by Crippen LogP contribution is -2.43. The quantitative estimate of drug-likeness (QED) is 0.935. The zero-order chi connectivity index (χ0) is 16.3. The Labute approximate surface area is 135 Å². The Morgan fingerprint density at radius 2 is 2.09 bits per heavy atom. The van der Waals surface area contributed by atoms with Gasteiger partial charge in [0.2, 0.25) is 0 Å². The van der Waals surface area contributed by atoms with E-state index in [-0.39, 0.29) is 12.1 Å². The highest BCUT2D eigenvalue weighted by atomic mass is 32.1. The Kier molecular flexibility index (Phi) is 5.13. The Morgan fingerprint density at radius 1 is 1.36 bits per heavy atom. The maximum absolute atomic E-state index is 12.3. The highest BCUT2D eigenvalue weighted by Crippen LogP contribution is 2.33. The van der Waals surface area contributed by atoms with Crippen molar-refractivity contribution in [3.63, 3.8) is 0 Å². The second kappa shape index (κ2) is 6.87. The molecular formula is C16H22N4OS. The zero-order valence-electron chi connectivity index (χ0n) is 13.6. The molecule has 0 radical (unpaired) electrons. The van der Waals surface area contributed by atoms with E-state index in [0.717, 1.165) is 21.3 Å². The fourth-order valence-corrected chi connectivity index (χ4v) is 2.88. The zero-order valence-corrected chi connectivity index (χ0v) is 14.4. The molecule has 2 heterocycles. The van der Waals surface area contributed by atoms with Crippen LogP contribution in [0.1, 0.15) is 26.5 Å². The normalized spacial score (nSPS) is 12.3. The summed E-state index contributed by atoms with van der Waals surface area (Å²) in [5.41, 5.74) is 1.81. The van der Waals surface area contributed by atoms with Gasteiger partial charge in [0.25, 0.3) is 0 Å². The Morgan fingerprint density at radius 3 is 2.68 bits per heavy atom. The second-order valence-corrected chi connectivity index (χ2v) is 6.67. The third kappa shape index (κ3) is 3.62. The summed E-state index contributed by atoms with van der Waals surface area (Å²) in [4.78, 5) is 22.6. The lowest BCUT2D eigenvalue weighted by molar-refractivity contribution is 0.241. The number of hydrogen-bond acceptors (Lipinski definition) is 4. The average Bonchev–Trinajstić information content (AvgIpc) is 2.89. The lowest BCUT2D eigenvalue weighted by atomic mass is 10.1. The molecule has 0 saturated heterocycles. The molecule has 2 amide bonds. The largest absolute Gasteiger partial charge is 0.335 e. The Balaban J connectivity index is 2.19. The molecule has 1 N–H and O–H groups in total. The van der Waals surface area contributed by atoms with Crippen LogP contribution in [0.3, 0.4) is 0 Å². The van der Waals surface area contributed by atoms with E-state index in [4.69, 9.17) is 0 Å². The van der Waals surface area contributed by atoms with Gasteiger partial charge in [0, 0.05) is 31.0 Å². The van der Waals surface area contributed by atoms with Crippen molar-refractivity contribution in [3.8, 4) is 10.6 Å². The fraction of sp³-hybridized carbons (Fsp3) is 0.438. The number of nitrogens with one attached hydrogen (secondary N) is 1. The molecule has 2 aromatic heterocycles. The molecule has 0 bridgehead atoms. The highest BCUT2D eigenvalue weighted by Gasteiger charge is 2.20. The highest BCUT2D eigenvalue weighted by molar-refractivity contribution is 7.19. The van der Waals surface area contributed by atoms with Gasteiger partial charge in [-0.3, -0.25) is 9.88 Å². The van der Waals surface area contributed by atoms with Crippen LogP contribution in [0, 0.1) is 12.8 Å². The predicted octanol–water partition coefficient (Wildman–Crippen LogP) is 3.70. The van der Waals surface area contributed by atoms with Crippen LogP contribution in [0.25, 0.3) is 10.6 Å². The van der Waals surface area contributed by atoms with Crippen molar-refractivity contribution in [3.05, 3.63) is 30.2 Å². The van der Waals surface area contributed by atoms with Gasteiger partial charge in [-0.2, -0.15) is 0 Å². The third-order valence-corrected chi connectivity index (χ3v) is 4.92. The van der Waals surface area contributed by atoms with Gasteiger partial charge in [0.15, 0.2) is 0 Å². The summed E-state index contributed by atoms with van der Waals surface area (Å²) in [7, 11) is 1.77. The van der Waals surface area contributed by atoms with Gasteiger partial charge in [0.05, 0.1) is 5.69 Å². The van der Waals surface area contributed by atoms with Crippen molar-refractivity contribution >= 4 is 22.4 Å². The number of amides is 2. The molecule has 0 spiro atoms. The molecule has 0 aliphatic carbocycles. The summed E-state index contributed by atoms with van der Waals surface area (Å²) >= 11 is 1.50. The standard InChI is InChI=1S/C16H22N4OS/c1-10(2)11(3)19-16(21)20(5)15-12(4)18-14(22-15)13-7-6-8-17-9-13/h6-11H,1-5H3,(H,19,21). The first-order valence-electron chi connectivity index (χ1n) is 7.32. The van der Waals surface area contributed by atoms with E-state index >= 15 is 0 Å². The number of anilines is 1. The van der Waals surface area contributed by atoms with Crippen LogP contribution in [0.2, 0.25) is 0 Å². The first-order valence-corrected chi connectivity index (χ1v) is 8.13. The minimum Gasteiger partial charge on any atom is -0.335 e. The number of aromatic nitrogens is 2. The van der Waals surface area contributed by atoms with E-state index in [2.05, 4.69) is 29.1 Å². The number of carbonyl (C=O) groups is 1. The Bertz CT molecular complexity index is 639. The monoisotopic (exact) mass is 318 g/mol. The SMILES string of the molecule is Cc1nc(-c2cccnc2)sc1N(C)C(=O)NC(C)C(C)C. The van der Waals surface area contributed by atoms with Crippen LogP contribution < -0.4 is 10.2 Å². The third-order valence-electron chi connectivity index (χ3n) is 3.64. The Hall–Kier alpha value is -1.95. The van der Waals surface area contributed by atoms with Gasteiger partial charge in [0.1, 0.15) is 10.0 Å². The van der Waals surface area contributed by atoms with Crippen LogP contribution in [0.4, 0.5) is 9.80 Å². The fourth-order valence-electron chi connectivity index (χ4n) is 1.86. The molecule has 1 unspecified atom stereocenters. The summed E-state index contributed by atoms with van der Waals surface area (Å²) in [5, 5.41) is 4.73. The van der Waals surface area contributed by atoms with Crippen LogP contribution >= 0.6 is 11.3 Å². The van der Waals surface area contributed by atoms with Crippen molar-refractivity contribution in [1.29, 1.82) is 0 Å². The van der Waals surface area contributed by atoms with E-state index < -0.39 is 0 Å². The van der Waals surface area contributed by atoms with Gasteiger partial charge < -0.3 is 5.32 Å². The molecule has 5 nitrogen and oxygen atoms in total. The van der Waals surface area contributed by atoms with Crippen molar-refractivity contribution in [2.24, 2.45) is 5.92 Å². The summed E-state index contributed by atoms with van der Waals surface area (Å²) in [6, 6.07) is 3.87. The van der Waals surface area contributed by atoms with Crippen LogP contribution in [-0.2, 0) is 0 Å². The smallest absolute Gasteiger partial charge is 0.322 e. The molecule has 0 aliphatic heterocycles. The molecular weight excluding hydrogens is 296 g/mol. The van der Waals surface area contributed by atoms with Crippen LogP contribution in [-0.4, -0.2) is 29.1 Å². The van der Waals surface area contributed by atoms with Gasteiger partial charge in [-0.15, -0.1) is 0 Å².